The van der Waals surface area contributed by atoms with Crippen molar-refractivity contribution < 1.29 is 24.6 Å². The fourth-order valence-corrected chi connectivity index (χ4v) is 1.93. The molecule has 0 aromatic heterocycles. The Balaban J connectivity index is 2.81. The van der Waals surface area contributed by atoms with Gasteiger partial charge in [-0.3, -0.25) is 9.69 Å². The van der Waals surface area contributed by atoms with Gasteiger partial charge in [0.15, 0.2) is 0 Å². The molecule has 1 unspecified atom stereocenters. The summed E-state index contributed by atoms with van der Waals surface area (Å²) in [5, 5.41) is 21.1. The standard InChI is InChI=1S/C11H19N3O5/c1-11(2,19)6-13(3)10(18)14-5-8(15)12-4-7(14)9(16)17/h7,19H,4-6H2,1-3H3,(H,12,15)(H,16,17). The lowest BCUT2D eigenvalue weighted by molar-refractivity contribution is -0.144. The fraction of sp³-hybridized carbons (Fsp3) is 0.727. The number of aliphatic hydroxyl groups is 1. The summed E-state index contributed by atoms with van der Waals surface area (Å²) in [6.45, 7) is 2.70. The van der Waals surface area contributed by atoms with Crippen LogP contribution in [0.4, 0.5) is 4.79 Å². The second kappa shape index (κ2) is 5.43. The Labute approximate surface area is 111 Å². The Morgan fingerprint density at radius 3 is 2.58 bits per heavy atom. The number of aliphatic carboxylic acids is 1. The van der Waals surface area contributed by atoms with Crippen molar-refractivity contribution in [3.05, 3.63) is 0 Å². The number of nitrogens with zero attached hydrogens (tertiary/aromatic N) is 2. The minimum atomic E-state index is -1.18. The van der Waals surface area contributed by atoms with Gasteiger partial charge in [0.1, 0.15) is 12.6 Å². The lowest BCUT2D eigenvalue weighted by Crippen LogP contribution is -2.62. The zero-order chi connectivity index (χ0) is 14.8. The minimum Gasteiger partial charge on any atom is -0.480 e. The first-order chi connectivity index (χ1) is 8.61. The van der Waals surface area contributed by atoms with E-state index in [1.807, 2.05) is 0 Å². The highest BCUT2D eigenvalue weighted by Gasteiger charge is 2.37. The summed E-state index contributed by atoms with van der Waals surface area (Å²) in [5.41, 5.74) is -1.10. The van der Waals surface area contributed by atoms with E-state index in [9.17, 15) is 19.5 Å². The van der Waals surface area contributed by atoms with Crippen molar-refractivity contribution in [1.29, 1.82) is 0 Å². The number of urea groups is 1. The molecular weight excluding hydrogens is 254 g/mol. The topological polar surface area (TPSA) is 110 Å². The van der Waals surface area contributed by atoms with E-state index >= 15 is 0 Å². The Morgan fingerprint density at radius 2 is 2.11 bits per heavy atom. The second-order valence-electron chi connectivity index (χ2n) is 5.24. The molecule has 0 aromatic rings. The Bertz CT molecular complexity index is 390. The van der Waals surface area contributed by atoms with Gasteiger partial charge in [-0.05, 0) is 13.8 Å². The maximum absolute atomic E-state index is 12.1. The molecule has 1 heterocycles. The number of piperazine rings is 1. The van der Waals surface area contributed by atoms with Crippen molar-refractivity contribution in [2.75, 3.05) is 26.7 Å². The van der Waals surface area contributed by atoms with Gasteiger partial charge in [-0.1, -0.05) is 0 Å². The molecule has 3 N–H and O–H groups in total. The predicted octanol–water partition coefficient (Wildman–Crippen LogP) is -1.31. The zero-order valence-corrected chi connectivity index (χ0v) is 11.2. The summed E-state index contributed by atoms with van der Waals surface area (Å²) in [7, 11) is 1.45. The highest BCUT2D eigenvalue weighted by Crippen LogP contribution is 2.11. The van der Waals surface area contributed by atoms with E-state index in [1.54, 1.807) is 0 Å². The van der Waals surface area contributed by atoms with E-state index in [-0.39, 0.29) is 19.6 Å². The number of hydrogen-bond acceptors (Lipinski definition) is 4. The van der Waals surface area contributed by atoms with Crippen LogP contribution in [0.3, 0.4) is 0 Å². The molecule has 0 bridgehead atoms. The Morgan fingerprint density at radius 1 is 1.53 bits per heavy atom. The van der Waals surface area contributed by atoms with Crippen LogP contribution in [0.5, 0.6) is 0 Å². The molecule has 0 saturated carbocycles. The van der Waals surface area contributed by atoms with Crippen LogP contribution in [0.2, 0.25) is 0 Å². The minimum absolute atomic E-state index is 0.0380. The van der Waals surface area contributed by atoms with Crippen molar-refractivity contribution in [3.63, 3.8) is 0 Å². The summed E-state index contributed by atoms with van der Waals surface area (Å²) in [6, 6.07) is -1.68. The molecule has 0 aliphatic carbocycles. The van der Waals surface area contributed by atoms with Gasteiger partial charge in [-0.25, -0.2) is 9.59 Å². The largest absolute Gasteiger partial charge is 0.480 e. The molecule has 0 radical (unpaired) electrons. The van der Waals surface area contributed by atoms with Crippen LogP contribution in [0.15, 0.2) is 0 Å². The van der Waals surface area contributed by atoms with E-state index in [4.69, 9.17) is 5.11 Å². The van der Waals surface area contributed by atoms with Gasteiger partial charge in [0.2, 0.25) is 5.91 Å². The third-order valence-electron chi connectivity index (χ3n) is 2.66. The number of amides is 3. The monoisotopic (exact) mass is 273 g/mol. The van der Waals surface area contributed by atoms with E-state index in [1.165, 1.54) is 25.8 Å². The van der Waals surface area contributed by atoms with E-state index in [2.05, 4.69) is 5.32 Å². The molecule has 1 rings (SSSR count). The van der Waals surface area contributed by atoms with Crippen LogP contribution in [0.1, 0.15) is 13.8 Å². The first-order valence-corrected chi connectivity index (χ1v) is 5.85. The number of likely N-dealkylation sites (N-methyl/N-ethyl adjacent to an activating group) is 1. The molecule has 1 saturated heterocycles. The van der Waals surface area contributed by atoms with Crippen molar-refractivity contribution in [3.8, 4) is 0 Å². The van der Waals surface area contributed by atoms with Gasteiger partial charge in [-0.15, -0.1) is 0 Å². The number of carboxylic acid groups (broad SMARTS) is 1. The van der Waals surface area contributed by atoms with Gasteiger partial charge in [0, 0.05) is 13.6 Å². The fourth-order valence-electron chi connectivity index (χ4n) is 1.93. The van der Waals surface area contributed by atoms with Gasteiger partial charge < -0.3 is 20.4 Å². The van der Waals surface area contributed by atoms with Crippen LogP contribution in [-0.4, -0.2) is 76.2 Å². The average Bonchev–Trinajstić information content (AvgIpc) is 2.25. The summed E-state index contributed by atoms with van der Waals surface area (Å²) >= 11 is 0. The molecule has 1 aliphatic heterocycles. The van der Waals surface area contributed by atoms with Crippen molar-refractivity contribution in [2.45, 2.75) is 25.5 Å². The maximum Gasteiger partial charge on any atom is 0.328 e. The second-order valence-corrected chi connectivity index (χ2v) is 5.24. The summed E-state index contributed by atoms with van der Waals surface area (Å²) in [6.07, 6.45) is 0. The number of nitrogens with one attached hydrogen (secondary N) is 1. The first-order valence-electron chi connectivity index (χ1n) is 5.85. The van der Waals surface area contributed by atoms with Gasteiger partial charge in [-0.2, -0.15) is 0 Å². The SMILES string of the molecule is CN(CC(C)(C)O)C(=O)N1CC(=O)NCC1C(=O)O. The van der Waals surface area contributed by atoms with E-state index in [0.29, 0.717) is 0 Å². The van der Waals surface area contributed by atoms with Crippen molar-refractivity contribution in [1.82, 2.24) is 15.1 Å². The van der Waals surface area contributed by atoms with Crippen LogP contribution in [-0.2, 0) is 9.59 Å². The summed E-state index contributed by atoms with van der Waals surface area (Å²) in [4.78, 5) is 36.7. The molecule has 1 fully saturated rings. The highest BCUT2D eigenvalue weighted by atomic mass is 16.4. The number of carboxylic acids is 1. The van der Waals surface area contributed by atoms with Crippen LogP contribution in [0.25, 0.3) is 0 Å². The molecule has 8 nitrogen and oxygen atoms in total. The summed E-state index contributed by atoms with van der Waals surface area (Å²) in [5.74, 6) is -1.58. The zero-order valence-electron chi connectivity index (χ0n) is 11.2. The predicted molar refractivity (Wildman–Crippen MR) is 65.5 cm³/mol. The van der Waals surface area contributed by atoms with Crippen LogP contribution >= 0.6 is 0 Å². The number of hydrogen-bond donors (Lipinski definition) is 3. The highest BCUT2D eigenvalue weighted by molar-refractivity contribution is 5.90. The maximum atomic E-state index is 12.1. The van der Waals surface area contributed by atoms with Crippen molar-refractivity contribution >= 4 is 17.9 Å². The number of carbonyl (C=O) groups is 3. The van der Waals surface area contributed by atoms with E-state index < -0.39 is 29.6 Å². The Kier molecular flexibility index (Phi) is 4.35. The smallest absolute Gasteiger partial charge is 0.328 e. The molecule has 19 heavy (non-hydrogen) atoms. The first kappa shape index (κ1) is 15.2. The number of carbonyl (C=O) groups excluding carboxylic acids is 2. The van der Waals surface area contributed by atoms with Gasteiger partial charge in [0.05, 0.1) is 12.1 Å². The van der Waals surface area contributed by atoms with E-state index in [0.717, 1.165) is 4.90 Å². The molecular formula is C11H19N3O5. The normalized spacial score (nSPS) is 19.9. The quantitative estimate of drug-likeness (QED) is 0.591. The lowest BCUT2D eigenvalue weighted by atomic mass is 10.1. The molecule has 0 aromatic carbocycles. The molecule has 3 amide bonds. The molecule has 0 spiro atoms. The third kappa shape index (κ3) is 4.09. The molecule has 1 aliphatic rings. The van der Waals surface area contributed by atoms with Gasteiger partial charge in [0.25, 0.3) is 0 Å². The lowest BCUT2D eigenvalue weighted by Gasteiger charge is -2.36. The third-order valence-corrected chi connectivity index (χ3v) is 2.66. The Hall–Kier alpha value is -1.83. The number of rotatable bonds is 3. The average molecular weight is 273 g/mol. The van der Waals surface area contributed by atoms with Crippen LogP contribution < -0.4 is 5.32 Å². The molecule has 1 atom stereocenters. The summed E-state index contributed by atoms with van der Waals surface area (Å²) < 4.78 is 0. The molecule has 8 heteroatoms. The molecule has 108 valence electrons. The van der Waals surface area contributed by atoms with Crippen LogP contribution in [0, 0.1) is 0 Å². The van der Waals surface area contributed by atoms with Crippen molar-refractivity contribution in [2.24, 2.45) is 0 Å². The van der Waals surface area contributed by atoms with Gasteiger partial charge >= 0.3 is 12.0 Å².